The van der Waals surface area contributed by atoms with Gasteiger partial charge in [-0.2, -0.15) is 0 Å². The second-order valence-electron chi connectivity index (χ2n) is 4.73. The molecule has 0 N–H and O–H groups in total. The lowest BCUT2D eigenvalue weighted by atomic mass is 10.2. The Morgan fingerprint density at radius 1 is 1.25 bits per heavy atom. The molecule has 0 bridgehead atoms. The highest BCUT2D eigenvalue weighted by atomic mass is 32.2. The minimum absolute atomic E-state index is 0.0427. The summed E-state index contributed by atoms with van der Waals surface area (Å²) in [7, 11) is 0. The van der Waals surface area contributed by atoms with Gasteiger partial charge in [-0.1, -0.05) is 24.6 Å². The number of carboxylic acids is 1. The number of rotatable bonds is 4. The van der Waals surface area contributed by atoms with Crippen molar-refractivity contribution in [3.63, 3.8) is 0 Å². The van der Waals surface area contributed by atoms with E-state index in [2.05, 4.69) is 4.98 Å². The van der Waals surface area contributed by atoms with Gasteiger partial charge >= 0.3 is 0 Å². The van der Waals surface area contributed by atoms with Gasteiger partial charge in [0.15, 0.2) is 0 Å². The molecular formula is C14H17N2O3S-. The van der Waals surface area contributed by atoms with E-state index in [1.165, 1.54) is 25.1 Å². The number of likely N-dealkylation sites (tertiary alicyclic amines) is 1. The third-order valence-corrected chi connectivity index (χ3v) is 4.27. The first-order chi connectivity index (χ1) is 9.68. The lowest BCUT2D eigenvalue weighted by molar-refractivity contribution is -0.255. The summed E-state index contributed by atoms with van der Waals surface area (Å²) >= 11 is 1.16. The van der Waals surface area contributed by atoms with E-state index in [1.807, 2.05) is 4.90 Å². The standard InChI is InChI=1S/C14H18N2O3S/c17-12(16-8-3-1-2-4-9-16)10-20-13-11(14(18)19)6-5-7-15-13/h5-7H,1-4,8-10H2,(H,18,19)/p-1. The molecule has 20 heavy (non-hydrogen) atoms. The molecule has 1 aliphatic rings. The van der Waals surface area contributed by atoms with E-state index in [9.17, 15) is 14.7 Å². The van der Waals surface area contributed by atoms with E-state index in [4.69, 9.17) is 0 Å². The zero-order valence-corrected chi connectivity index (χ0v) is 12.0. The Balaban J connectivity index is 1.94. The number of nitrogens with zero attached hydrogens (tertiary/aromatic N) is 2. The van der Waals surface area contributed by atoms with E-state index < -0.39 is 5.97 Å². The molecule has 1 aromatic rings. The van der Waals surface area contributed by atoms with E-state index >= 15 is 0 Å². The van der Waals surface area contributed by atoms with Crippen LogP contribution in [0.1, 0.15) is 36.0 Å². The molecule has 2 heterocycles. The zero-order valence-electron chi connectivity index (χ0n) is 11.2. The molecule has 1 aromatic heterocycles. The molecule has 6 heteroatoms. The number of carboxylic acid groups (broad SMARTS) is 1. The number of amides is 1. The Bertz CT molecular complexity index is 485. The first-order valence-corrected chi connectivity index (χ1v) is 7.74. The number of aromatic carboxylic acids is 1. The van der Waals surface area contributed by atoms with Crippen molar-refractivity contribution in [2.75, 3.05) is 18.8 Å². The highest BCUT2D eigenvalue weighted by Crippen LogP contribution is 2.20. The number of pyridine rings is 1. The molecular weight excluding hydrogens is 276 g/mol. The zero-order chi connectivity index (χ0) is 14.4. The van der Waals surface area contributed by atoms with Gasteiger partial charge in [-0.3, -0.25) is 4.79 Å². The van der Waals surface area contributed by atoms with Crippen molar-refractivity contribution in [2.24, 2.45) is 0 Å². The van der Waals surface area contributed by atoms with Gasteiger partial charge in [0.25, 0.3) is 0 Å². The summed E-state index contributed by atoms with van der Waals surface area (Å²) in [5.74, 6) is -0.994. The fourth-order valence-electron chi connectivity index (χ4n) is 2.20. The molecule has 1 amide bonds. The largest absolute Gasteiger partial charge is 0.545 e. The maximum atomic E-state index is 12.1. The summed E-state index contributed by atoms with van der Waals surface area (Å²) in [4.78, 5) is 28.9. The van der Waals surface area contributed by atoms with Crippen molar-refractivity contribution < 1.29 is 14.7 Å². The van der Waals surface area contributed by atoms with Crippen molar-refractivity contribution in [3.8, 4) is 0 Å². The molecule has 1 saturated heterocycles. The van der Waals surface area contributed by atoms with Crippen molar-refractivity contribution in [3.05, 3.63) is 23.9 Å². The molecule has 2 rings (SSSR count). The van der Waals surface area contributed by atoms with Crippen molar-refractivity contribution in [1.29, 1.82) is 0 Å². The summed E-state index contributed by atoms with van der Waals surface area (Å²) in [6, 6.07) is 2.99. The highest BCUT2D eigenvalue weighted by Gasteiger charge is 2.16. The third kappa shape index (κ3) is 3.96. The molecule has 0 aliphatic carbocycles. The van der Waals surface area contributed by atoms with Gasteiger partial charge in [0.1, 0.15) is 5.03 Å². The molecule has 0 spiro atoms. The first-order valence-electron chi connectivity index (χ1n) is 6.75. The van der Waals surface area contributed by atoms with Crippen molar-refractivity contribution in [1.82, 2.24) is 9.88 Å². The van der Waals surface area contributed by atoms with Gasteiger partial charge in [0.2, 0.25) is 5.91 Å². The molecule has 0 radical (unpaired) electrons. The highest BCUT2D eigenvalue weighted by molar-refractivity contribution is 8.00. The first kappa shape index (κ1) is 14.8. The third-order valence-electron chi connectivity index (χ3n) is 3.28. The SMILES string of the molecule is O=C([O-])c1cccnc1SCC(=O)N1CCCCCC1. The Morgan fingerprint density at radius 3 is 2.60 bits per heavy atom. The fraction of sp³-hybridized carbons (Fsp3) is 0.500. The average molecular weight is 293 g/mol. The van der Waals surface area contributed by atoms with Gasteiger partial charge in [0, 0.05) is 24.8 Å². The van der Waals surface area contributed by atoms with Crippen LogP contribution < -0.4 is 5.11 Å². The molecule has 0 atom stereocenters. The number of aromatic nitrogens is 1. The minimum atomic E-state index is -1.26. The predicted octanol–water partition coefficient (Wildman–Crippen LogP) is 0.940. The lowest BCUT2D eigenvalue weighted by Crippen LogP contribution is -2.33. The summed E-state index contributed by atoms with van der Waals surface area (Å²) in [5, 5.41) is 11.3. The van der Waals surface area contributed by atoms with Gasteiger partial charge in [-0.25, -0.2) is 4.98 Å². The molecule has 108 valence electrons. The van der Waals surface area contributed by atoms with Crippen LogP contribution in [0.25, 0.3) is 0 Å². The van der Waals surface area contributed by atoms with E-state index in [-0.39, 0.29) is 17.2 Å². The lowest BCUT2D eigenvalue weighted by Gasteiger charge is -2.20. The Labute approximate surface area is 122 Å². The maximum absolute atomic E-state index is 12.1. The Kier molecular flexibility index (Phi) is 5.40. The second kappa shape index (κ2) is 7.28. The normalized spacial score (nSPS) is 15.7. The Hall–Kier alpha value is -1.56. The quantitative estimate of drug-likeness (QED) is 0.772. The van der Waals surface area contributed by atoms with Gasteiger partial charge in [0.05, 0.1) is 11.7 Å². The van der Waals surface area contributed by atoms with Crippen LogP contribution in [0.5, 0.6) is 0 Å². The number of carbonyl (C=O) groups is 2. The molecule has 1 aliphatic heterocycles. The molecule has 0 unspecified atom stereocenters. The van der Waals surface area contributed by atoms with Gasteiger partial charge < -0.3 is 14.8 Å². The van der Waals surface area contributed by atoms with E-state index in [0.29, 0.717) is 5.03 Å². The van der Waals surface area contributed by atoms with E-state index in [1.54, 1.807) is 6.07 Å². The second-order valence-corrected chi connectivity index (χ2v) is 5.69. The molecule has 0 saturated carbocycles. The molecule has 1 fully saturated rings. The summed E-state index contributed by atoms with van der Waals surface area (Å²) in [6.45, 7) is 1.60. The molecule has 5 nitrogen and oxygen atoms in total. The van der Waals surface area contributed by atoms with Gasteiger partial charge in [-0.05, 0) is 25.0 Å². The number of thioether (sulfide) groups is 1. The van der Waals surface area contributed by atoms with E-state index in [0.717, 1.165) is 37.7 Å². The topological polar surface area (TPSA) is 73.3 Å². The summed E-state index contributed by atoms with van der Waals surface area (Å²) in [6.07, 6.45) is 5.96. The monoisotopic (exact) mass is 293 g/mol. The van der Waals surface area contributed by atoms with Crippen LogP contribution in [0.15, 0.2) is 23.4 Å². The minimum Gasteiger partial charge on any atom is -0.545 e. The van der Waals surface area contributed by atoms with Crippen LogP contribution in [0.3, 0.4) is 0 Å². The van der Waals surface area contributed by atoms with Crippen LogP contribution in [0, 0.1) is 0 Å². The van der Waals surface area contributed by atoms with Crippen molar-refractivity contribution >= 4 is 23.6 Å². The number of hydrogen-bond donors (Lipinski definition) is 0. The average Bonchev–Trinajstić information content (AvgIpc) is 2.74. The van der Waals surface area contributed by atoms with Crippen LogP contribution in [-0.4, -0.2) is 40.6 Å². The van der Waals surface area contributed by atoms with Crippen LogP contribution >= 0.6 is 11.8 Å². The van der Waals surface area contributed by atoms with Crippen LogP contribution in [0.4, 0.5) is 0 Å². The Morgan fingerprint density at radius 2 is 1.95 bits per heavy atom. The predicted molar refractivity (Wildman–Crippen MR) is 74.3 cm³/mol. The van der Waals surface area contributed by atoms with Crippen LogP contribution in [-0.2, 0) is 4.79 Å². The number of hydrogen-bond acceptors (Lipinski definition) is 5. The fourth-order valence-corrected chi connectivity index (χ4v) is 3.09. The van der Waals surface area contributed by atoms with Crippen LogP contribution in [0.2, 0.25) is 0 Å². The number of carbonyl (C=O) groups excluding carboxylic acids is 2. The smallest absolute Gasteiger partial charge is 0.232 e. The molecule has 0 aromatic carbocycles. The van der Waals surface area contributed by atoms with Gasteiger partial charge in [-0.15, -0.1) is 0 Å². The van der Waals surface area contributed by atoms with Crippen molar-refractivity contribution in [2.45, 2.75) is 30.7 Å². The maximum Gasteiger partial charge on any atom is 0.232 e. The summed E-state index contributed by atoms with van der Waals surface area (Å²) in [5.41, 5.74) is 0.0427. The summed E-state index contributed by atoms with van der Waals surface area (Å²) < 4.78 is 0.